The van der Waals surface area contributed by atoms with Crippen molar-refractivity contribution < 1.29 is 4.74 Å². The summed E-state index contributed by atoms with van der Waals surface area (Å²) < 4.78 is 5.72. The molecule has 1 rings (SSSR count). The van der Waals surface area contributed by atoms with E-state index in [1.807, 2.05) is 26.0 Å². The van der Waals surface area contributed by atoms with Gasteiger partial charge in [-0.15, -0.1) is 0 Å². The lowest BCUT2D eigenvalue weighted by Gasteiger charge is -2.21. The molecule has 108 valence electrons. The fraction of sp³-hybridized carbons (Fsp3) is 0.600. The van der Waals surface area contributed by atoms with Gasteiger partial charge >= 0.3 is 0 Å². The Hall–Kier alpha value is -0.770. The van der Waals surface area contributed by atoms with Gasteiger partial charge < -0.3 is 16.2 Å². The summed E-state index contributed by atoms with van der Waals surface area (Å²) >= 11 is 6.23. The third-order valence-electron chi connectivity index (χ3n) is 3.48. The largest absolute Gasteiger partial charge is 0.494 e. The molecule has 0 heterocycles. The van der Waals surface area contributed by atoms with E-state index in [-0.39, 0.29) is 0 Å². The summed E-state index contributed by atoms with van der Waals surface area (Å²) in [7, 11) is 0. The minimum absolute atomic E-state index is 0.330. The van der Waals surface area contributed by atoms with E-state index in [4.69, 9.17) is 27.8 Å². The minimum atomic E-state index is 0.330. The number of hydrogen-bond donors (Lipinski definition) is 2. The number of rotatable bonds is 7. The Labute approximate surface area is 121 Å². The van der Waals surface area contributed by atoms with Crippen LogP contribution in [0.1, 0.15) is 37.3 Å². The molecule has 0 amide bonds. The predicted molar refractivity (Wildman–Crippen MR) is 82.0 cm³/mol. The van der Waals surface area contributed by atoms with Gasteiger partial charge in [-0.05, 0) is 68.5 Å². The van der Waals surface area contributed by atoms with E-state index >= 15 is 0 Å². The lowest BCUT2D eigenvalue weighted by molar-refractivity contribution is 0.331. The molecule has 0 aromatic heterocycles. The second-order valence-electron chi connectivity index (χ2n) is 5.05. The zero-order valence-electron chi connectivity index (χ0n) is 12.1. The van der Waals surface area contributed by atoms with Crippen LogP contribution in [0, 0.1) is 12.8 Å². The van der Waals surface area contributed by atoms with Crippen LogP contribution in [0.4, 0.5) is 0 Å². The average molecular weight is 285 g/mol. The van der Waals surface area contributed by atoms with Crippen LogP contribution in [0.2, 0.25) is 5.02 Å². The van der Waals surface area contributed by atoms with Gasteiger partial charge in [0.15, 0.2) is 0 Å². The molecule has 0 saturated heterocycles. The third kappa shape index (κ3) is 4.37. The second-order valence-corrected chi connectivity index (χ2v) is 5.45. The van der Waals surface area contributed by atoms with Crippen molar-refractivity contribution in [3.8, 4) is 5.75 Å². The van der Waals surface area contributed by atoms with Gasteiger partial charge in [0.05, 0.1) is 6.61 Å². The van der Waals surface area contributed by atoms with Crippen molar-refractivity contribution in [3.05, 3.63) is 28.3 Å². The molecular formula is C15H25ClN2O. The van der Waals surface area contributed by atoms with Gasteiger partial charge in [-0.2, -0.15) is 0 Å². The molecule has 3 nitrogen and oxygen atoms in total. The van der Waals surface area contributed by atoms with E-state index in [1.54, 1.807) is 0 Å². The topological polar surface area (TPSA) is 61.3 Å². The Kier molecular flexibility index (Phi) is 6.63. The van der Waals surface area contributed by atoms with Crippen molar-refractivity contribution in [2.45, 2.75) is 33.1 Å². The number of benzene rings is 1. The highest BCUT2D eigenvalue weighted by molar-refractivity contribution is 6.31. The highest BCUT2D eigenvalue weighted by Crippen LogP contribution is 2.34. The first kappa shape index (κ1) is 16.3. The van der Waals surface area contributed by atoms with Crippen molar-refractivity contribution in [3.63, 3.8) is 0 Å². The maximum Gasteiger partial charge on any atom is 0.123 e. The van der Waals surface area contributed by atoms with Gasteiger partial charge in [0, 0.05) is 5.02 Å². The fourth-order valence-electron chi connectivity index (χ4n) is 2.25. The summed E-state index contributed by atoms with van der Waals surface area (Å²) in [6.45, 7) is 8.03. The normalized spacial score (nSPS) is 12.8. The molecule has 4 N–H and O–H groups in total. The van der Waals surface area contributed by atoms with Gasteiger partial charge in [0.1, 0.15) is 5.75 Å². The molecule has 0 radical (unpaired) electrons. The Morgan fingerprint density at radius 2 is 1.89 bits per heavy atom. The highest BCUT2D eigenvalue weighted by atomic mass is 35.5. The van der Waals surface area contributed by atoms with E-state index in [2.05, 4.69) is 6.92 Å². The molecule has 0 aliphatic rings. The number of hydrogen-bond acceptors (Lipinski definition) is 3. The quantitative estimate of drug-likeness (QED) is 0.809. The second kappa shape index (κ2) is 7.73. The molecule has 1 aromatic carbocycles. The molecule has 1 unspecified atom stereocenters. The molecule has 1 atom stereocenters. The van der Waals surface area contributed by atoms with Crippen LogP contribution in [0.5, 0.6) is 5.75 Å². The lowest BCUT2D eigenvalue weighted by Crippen LogP contribution is -2.24. The smallest absolute Gasteiger partial charge is 0.123 e. The van der Waals surface area contributed by atoms with Crippen LogP contribution in [0.25, 0.3) is 0 Å². The zero-order chi connectivity index (χ0) is 14.4. The summed E-state index contributed by atoms with van der Waals surface area (Å²) in [5, 5.41) is 0.780. The van der Waals surface area contributed by atoms with Crippen LogP contribution in [-0.4, -0.2) is 19.7 Å². The molecule has 1 aromatic rings. The molecule has 0 bridgehead atoms. The maximum atomic E-state index is 6.23. The number of aryl methyl sites for hydroxylation is 1. The zero-order valence-corrected chi connectivity index (χ0v) is 12.8. The van der Waals surface area contributed by atoms with Crippen LogP contribution in [0.3, 0.4) is 0 Å². The van der Waals surface area contributed by atoms with Crippen LogP contribution in [0.15, 0.2) is 12.1 Å². The van der Waals surface area contributed by atoms with Crippen LogP contribution >= 0.6 is 11.6 Å². The molecule has 0 aliphatic heterocycles. The first-order valence-electron chi connectivity index (χ1n) is 6.86. The third-order valence-corrected chi connectivity index (χ3v) is 3.88. The number of ether oxygens (including phenoxy) is 1. The van der Waals surface area contributed by atoms with E-state index in [0.717, 1.165) is 28.3 Å². The van der Waals surface area contributed by atoms with Gasteiger partial charge in [-0.25, -0.2) is 0 Å². The minimum Gasteiger partial charge on any atom is -0.494 e. The van der Waals surface area contributed by atoms with Crippen LogP contribution in [-0.2, 0) is 0 Å². The highest BCUT2D eigenvalue weighted by Gasteiger charge is 2.17. The summed E-state index contributed by atoms with van der Waals surface area (Å²) in [5.74, 6) is 1.59. The predicted octanol–water partition coefficient (Wildman–Crippen LogP) is 3.07. The molecular weight excluding hydrogens is 260 g/mol. The SMILES string of the molecule is CCOc1cc(C)c(Cl)cc1C(C)CC(CN)CN. The first-order valence-corrected chi connectivity index (χ1v) is 7.24. The standard InChI is InChI=1S/C15H25ClN2O/c1-4-19-15-6-11(3)14(16)7-13(15)10(2)5-12(8-17)9-18/h6-7,10,12H,4-5,8-9,17-18H2,1-3H3. The van der Waals surface area contributed by atoms with Crippen molar-refractivity contribution in [2.24, 2.45) is 17.4 Å². The van der Waals surface area contributed by atoms with E-state index in [1.165, 1.54) is 0 Å². The molecule has 19 heavy (non-hydrogen) atoms. The fourth-order valence-corrected chi connectivity index (χ4v) is 2.42. The van der Waals surface area contributed by atoms with Gasteiger partial charge in [0.25, 0.3) is 0 Å². The first-order chi connectivity index (χ1) is 9.03. The monoisotopic (exact) mass is 284 g/mol. The lowest BCUT2D eigenvalue weighted by atomic mass is 9.89. The van der Waals surface area contributed by atoms with Gasteiger partial charge in [-0.3, -0.25) is 0 Å². The van der Waals surface area contributed by atoms with Crippen molar-refractivity contribution >= 4 is 11.6 Å². The van der Waals surface area contributed by atoms with Crippen LogP contribution < -0.4 is 16.2 Å². The van der Waals surface area contributed by atoms with E-state index in [9.17, 15) is 0 Å². The summed E-state index contributed by atoms with van der Waals surface area (Å²) in [5.41, 5.74) is 13.6. The van der Waals surface area contributed by atoms with Crippen molar-refractivity contribution in [1.29, 1.82) is 0 Å². The Bertz CT molecular complexity index is 405. The average Bonchev–Trinajstić information content (AvgIpc) is 2.39. The molecule has 0 aliphatic carbocycles. The van der Waals surface area contributed by atoms with Crippen molar-refractivity contribution in [2.75, 3.05) is 19.7 Å². The molecule has 4 heteroatoms. The van der Waals surface area contributed by atoms with E-state index < -0.39 is 0 Å². The Morgan fingerprint density at radius 3 is 2.42 bits per heavy atom. The van der Waals surface area contributed by atoms with E-state index in [0.29, 0.717) is 31.5 Å². The summed E-state index contributed by atoms with van der Waals surface area (Å²) in [6.07, 6.45) is 0.951. The molecule has 0 spiro atoms. The number of halogens is 1. The molecule has 0 fully saturated rings. The summed E-state index contributed by atoms with van der Waals surface area (Å²) in [4.78, 5) is 0. The van der Waals surface area contributed by atoms with Gasteiger partial charge in [0.2, 0.25) is 0 Å². The van der Waals surface area contributed by atoms with Gasteiger partial charge in [-0.1, -0.05) is 18.5 Å². The van der Waals surface area contributed by atoms with Crippen molar-refractivity contribution in [1.82, 2.24) is 0 Å². The number of nitrogens with two attached hydrogens (primary N) is 2. The summed E-state index contributed by atoms with van der Waals surface area (Å²) in [6, 6.07) is 4.02. The maximum absolute atomic E-state index is 6.23. The Balaban J connectivity index is 2.99. The molecule has 0 saturated carbocycles. The Morgan fingerprint density at radius 1 is 1.26 bits per heavy atom.